The van der Waals surface area contributed by atoms with Crippen LogP contribution in [0, 0.1) is 0 Å². The van der Waals surface area contributed by atoms with Crippen LogP contribution < -0.4 is 9.64 Å². The van der Waals surface area contributed by atoms with E-state index in [2.05, 4.69) is 24.3 Å². The standard InChI is InChI=1S/C21H23ClN2O2/c1-26-20-10-9-18(22)16-19(20)21(25)24-14-12-23(13-15-24)11-5-8-17-6-3-2-4-7-17/h2-10,16H,11-15H2,1H3/p+1/b8-5+. The number of nitrogens with one attached hydrogen (secondary N) is 1. The lowest BCUT2D eigenvalue weighted by Gasteiger charge is -2.32. The lowest BCUT2D eigenvalue weighted by molar-refractivity contribution is -0.898. The van der Waals surface area contributed by atoms with E-state index in [0.717, 1.165) is 32.7 Å². The number of ether oxygens (including phenoxy) is 1. The SMILES string of the molecule is COc1ccc(Cl)cc1C(=O)N1CC[NH+](C/C=C/c2ccccc2)CC1. The molecule has 0 aliphatic carbocycles. The highest BCUT2D eigenvalue weighted by atomic mass is 35.5. The highest BCUT2D eigenvalue weighted by Gasteiger charge is 2.25. The van der Waals surface area contributed by atoms with Crippen molar-refractivity contribution in [3.63, 3.8) is 0 Å². The van der Waals surface area contributed by atoms with E-state index < -0.39 is 0 Å². The van der Waals surface area contributed by atoms with Crippen LogP contribution in [0.3, 0.4) is 0 Å². The van der Waals surface area contributed by atoms with Crippen LogP contribution in [0.1, 0.15) is 15.9 Å². The molecular weight excluding hydrogens is 348 g/mol. The Morgan fingerprint density at radius 1 is 1.19 bits per heavy atom. The first kappa shape index (κ1) is 18.5. The van der Waals surface area contributed by atoms with Gasteiger partial charge in [0, 0.05) is 5.02 Å². The summed E-state index contributed by atoms with van der Waals surface area (Å²) in [5, 5.41) is 0.546. The normalized spacial score (nSPS) is 15.4. The summed E-state index contributed by atoms with van der Waals surface area (Å²) < 4.78 is 5.31. The zero-order chi connectivity index (χ0) is 18.4. The molecule has 3 rings (SSSR count). The molecule has 1 aliphatic heterocycles. The quantitative estimate of drug-likeness (QED) is 0.875. The predicted molar refractivity (Wildman–Crippen MR) is 105 cm³/mol. The monoisotopic (exact) mass is 371 g/mol. The number of hydrogen-bond donors (Lipinski definition) is 1. The molecule has 2 aromatic carbocycles. The van der Waals surface area contributed by atoms with Crippen molar-refractivity contribution >= 4 is 23.6 Å². The van der Waals surface area contributed by atoms with Crippen LogP contribution in [0.5, 0.6) is 5.75 Å². The highest BCUT2D eigenvalue weighted by Crippen LogP contribution is 2.24. The van der Waals surface area contributed by atoms with Crippen molar-refractivity contribution in [3.05, 3.63) is 70.8 Å². The minimum atomic E-state index is -0.0109. The number of quaternary nitrogens is 1. The maximum absolute atomic E-state index is 12.8. The van der Waals surface area contributed by atoms with Crippen molar-refractivity contribution in [1.29, 1.82) is 0 Å². The van der Waals surface area contributed by atoms with E-state index in [1.165, 1.54) is 10.5 Å². The third kappa shape index (κ3) is 4.65. The molecule has 4 nitrogen and oxygen atoms in total. The summed E-state index contributed by atoms with van der Waals surface area (Å²) in [7, 11) is 1.57. The summed E-state index contributed by atoms with van der Waals surface area (Å²) in [5.74, 6) is 0.559. The molecule has 0 aromatic heterocycles. The number of rotatable bonds is 5. The van der Waals surface area contributed by atoms with Crippen LogP contribution in [-0.2, 0) is 0 Å². The molecule has 26 heavy (non-hydrogen) atoms. The van der Waals surface area contributed by atoms with Gasteiger partial charge in [0.15, 0.2) is 0 Å². The Hall–Kier alpha value is -2.30. The Bertz CT molecular complexity index is 769. The van der Waals surface area contributed by atoms with E-state index >= 15 is 0 Å². The molecule has 136 valence electrons. The van der Waals surface area contributed by atoms with E-state index in [1.807, 2.05) is 23.1 Å². The molecule has 0 radical (unpaired) electrons. The average Bonchev–Trinajstić information content (AvgIpc) is 2.69. The molecular formula is C21H24ClN2O2+. The molecule has 5 heteroatoms. The van der Waals surface area contributed by atoms with Crippen LogP contribution in [0.2, 0.25) is 5.02 Å². The molecule has 1 saturated heterocycles. The fourth-order valence-corrected chi connectivity index (χ4v) is 3.35. The van der Waals surface area contributed by atoms with Gasteiger partial charge in [0.1, 0.15) is 5.75 Å². The summed E-state index contributed by atoms with van der Waals surface area (Å²) in [5.41, 5.74) is 1.75. The Labute approximate surface area is 159 Å². The number of hydrogen-bond acceptors (Lipinski definition) is 2. The van der Waals surface area contributed by atoms with E-state index in [4.69, 9.17) is 16.3 Å². The van der Waals surface area contributed by atoms with E-state index in [0.29, 0.717) is 16.3 Å². The van der Waals surface area contributed by atoms with Gasteiger partial charge in [-0.2, -0.15) is 0 Å². The lowest BCUT2D eigenvalue weighted by Crippen LogP contribution is -3.14. The largest absolute Gasteiger partial charge is 0.496 e. The molecule has 1 amide bonds. The third-order valence-electron chi connectivity index (χ3n) is 4.67. The second-order valence-electron chi connectivity index (χ2n) is 6.40. The molecule has 1 fully saturated rings. The highest BCUT2D eigenvalue weighted by molar-refractivity contribution is 6.31. The number of carbonyl (C=O) groups is 1. The zero-order valence-corrected chi connectivity index (χ0v) is 15.7. The van der Waals surface area contributed by atoms with Gasteiger partial charge in [-0.15, -0.1) is 0 Å². The Morgan fingerprint density at radius 3 is 2.62 bits per heavy atom. The Kier molecular flexibility index (Phi) is 6.31. The van der Waals surface area contributed by atoms with Crippen molar-refractivity contribution in [2.24, 2.45) is 0 Å². The van der Waals surface area contributed by atoms with Gasteiger partial charge < -0.3 is 14.5 Å². The molecule has 1 N–H and O–H groups in total. The predicted octanol–water partition coefficient (Wildman–Crippen LogP) is 2.40. The van der Waals surface area contributed by atoms with Crippen molar-refractivity contribution in [3.8, 4) is 5.75 Å². The smallest absolute Gasteiger partial charge is 0.258 e. The summed E-state index contributed by atoms with van der Waals surface area (Å²) >= 11 is 6.05. The molecule has 0 unspecified atom stereocenters. The Balaban J connectivity index is 1.54. The number of carbonyl (C=O) groups excluding carboxylic acids is 1. The van der Waals surface area contributed by atoms with Gasteiger partial charge in [-0.1, -0.05) is 48.0 Å². The van der Waals surface area contributed by atoms with Crippen molar-refractivity contribution < 1.29 is 14.4 Å². The second kappa shape index (κ2) is 8.88. The summed E-state index contributed by atoms with van der Waals surface area (Å²) in [4.78, 5) is 16.2. The van der Waals surface area contributed by atoms with E-state index in [-0.39, 0.29) is 5.91 Å². The van der Waals surface area contributed by atoms with Gasteiger partial charge in [-0.3, -0.25) is 4.79 Å². The number of benzene rings is 2. The molecule has 0 bridgehead atoms. The minimum absolute atomic E-state index is 0.0109. The van der Waals surface area contributed by atoms with Gasteiger partial charge in [0.25, 0.3) is 5.91 Å². The van der Waals surface area contributed by atoms with Crippen LogP contribution >= 0.6 is 11.6 Å². The lowest BCUT2D eigenvalue weighted by atomic mass is 10.1. The molecule has 2 aromatic rings. The number of nitrogens with zero attached hydrogens (tertiary/aromatic N) is 1. The van der Waals surface area contributed by atoms with E-state index in [9.17, 15) is 4.79 Å². The summed E-state index contributed by atoms with van der Waals surface area (Å²) in [6, 6.07) is 15.5. The minimum Gasteiger partial charge on any atom is -0.496 e. The van der Waals surface area contributed by atoms with Crippen LogP contribution in [-0.4, -0.2) is 50.6 Å². The molecule has 0 atom stereocenters. The molecule has 1 aliphatic rings. The number of halogens is 1. The van der Waals surface area contributed by atoms with Gasteiger partial charge in [0.05, 0.1) is 45.4 Å². The second-order valence-corrected chi connectivity index (χ2v) is 6.84. The maximum Gasteiger partial charge on any atom is 0.258 e. The van der Waals surface area contributed by atoms with Crippen molar-refractivity contribution in [2.45, 2.75) is 0 Å². The molecule has 1 heterocycles. The Morgan fingerprint density at radius 2 is 1.92 bits per heavy atom. The topological polar surface area (TPSA) is 34.0 Å². The van der Waals surface area contributed by atoms with Crippen LogP contribution in [0.15, 0.2) is 54.6 Å². The zero-order valence-electron chi connectivity index (χ0n) is 15.0. The number of amides is 1. The van der Waals surface area contributed by atoms with Crippen molar-refractivity contribution in [1.82, 2.24) is 4.90 Å². The number of methoxy groups -OCH3 is 1. The average molecular weight is 372 g/mol. The fraction of sp³-hybridized carbons (Fsp3) is 0.286. The number of piperazine rings is 1. The molecule has 0 spiro atoms. The first-order chi connectivity index (χ1) is 12.7. The van der Waals surface area contributed by atoms with Crippen LogP contribution in [0.4, 0.5) is 0 Å². The maximum atomic E-state index is 12.8. The first-order valence-corrected chi connectivity index (χ1v) is 9.23. The van der Waals surface area contributed by atoms with Crippen molar-refractivity contribution in [2.75, 3.05) is 39.8 Å². The summed E-state index contributed by atoms with van der Waals surface area (Å²) in [6.07, 6.45) is 4.36. The van der Waals surface area contributed by atoms with Gasteiger partial charge in [-0.05, 0) is 29.8 Å². The van der Waals surface area contributed by atoms with Gasteiger partial charge >= 0.3 is 0 Å². The van der Waals surface area contributed by atoms with E-state index in [1.54, 1.807) is 25.3 Å². The molecule has 0 saturated carbocycles. The first-order valence-electron chi connectivity index (χ1n) is 8.85. The van der Waals surface area contributed by atoms with Crippen LogP contribution in [0.25, 0.3) is 6.08 Å². The van der Waals surface area contributed by atoms with Gasteiger partial charge in [0.2, 0.25) is 0 Å². The fourth-order valence-electron chi connectivity index (χ4n) is 3.17. The van der Waals surface area contributed by atoms with Gasteiger partial charge in [-0.25, -0.2) is 0 Å². The third-order valence-corrected chi connectivity index (χ3v) is 4.90. The summed E-state index contributed by atoms with van der Waals surface area (Å²) in [6.45, 7) is 4.32.